The summed E-state index contributed by atoms with van der Waals surface area (Å²) in [7, 11) is 3.12. The van der Waals surface area contributed by atoms with Crippen molar-refractivity contribution in [3.05, 3.63) is 53.9 Å². The SMILES string of the molecule is COc1ccc(C(=O)N2CCC(CNC(=O)c3cccnc3)CC2)cc1OC. The highest BCUT2D eigenvalue weighted by molar-refractivity contribution is 5.95. The van der Waals surface area contributed by atoms with E-state index < -0.39 is 0 Å². The highest BCUT2D eigenvalue weighted by Crippen LogP contribution is 2.28. The molecule has 1 aliphatic heterocycles. The predicted octanol–water partition coefficient (Wildman–Crippen LogP) is 2.38. The summed E-state index contributed by atoms with van der Waals surface area (Å²) in [5.74, 6) is 1.37. The molecule has 28 heavy (non-hydrogen) atoms. The van der Waals surface area contributed by atoms with Crippen LogP contribution in [0.4, 0.5) is 0 Å². The molecule has 0 aliphatic carbocycles. The summed E-state index contributed by atoms with van der Waals surface area (Å²) in [6.07, 6.45) is 4.90. The predicted molar refractivity (Wildman–Crippen MR) is 105 cm³/mol. The van der Waals surface area contributed by atoms with Gasteiger partial charge in [-0.2, -0.15) is 0 Å². The molecule has 2 aromatic rings. The van der Waals surface area contributed by atoms with Crippen LogP contribution in [0.3, 0.4) is 0 Å². The molecule has 148 valence electrons. The quantitative estimate of drug-likeness (QED) is 0.828. The molecule has 2 amide bonds. The Kier molecular flexibility index (Phi) is 6.47. The Balaban J connectivity index is 1.51. The van der Waals surface area contributed by atoms with E-state index in [2.05, 4.69) is 10.3 Å². The molecular formula is C21H25N3O4. The fourth-order valence-electron chi connectivity index (χ4n) is 3.33. The number of nitrogens with zero attached hydrogens (tertiary/aromatic N) is 2. The number of methoxy groups -OCH3 is 2. The number of carbonyl (C=O) groups excluding carboxylic acids is 2. The fraction of sp³-hybridized carbons (Fsp3) is 0.381. The van der Waals surface area contributed by atoms with E-state index in [1.165, 1.54) is 0 Å². The molecule has 0 saturated carbocycles. The van der Waals surface area contributed by atoms with Crippen molar-refractivity contribution in [2.24, 2.45) is 5.92 Å². The van der Waals surface area contributed by atoms with Crippen molar-refractivity contribution in [1.82, 2.24) is 15.2 Å². The molecule has 1 aromatic heterocycles. The topological polar surface area (TPSA) is 80.8 Å². The number of amides is 2. The summed E-state index contributed by atoms with van der Waals surface area (Å²) in [5.41, 5.74) is 1.14. The summed E-state index contributed by atoms with van der Waals surface area (Å²) in [5, 5.41) is 2.96. The van der Waals surface area contributed by atoms with Gasteiger partial charge in [0.2, 0.25) is 0 Å². The highest BCUT2D eigenvalue weighted by Gasteiger charge is 2.24. The molecule has 0 unspecified atom stereocenters. The minimum Gasteiger partial charge on any atom is -0.493 e. The smallest absolute Gasteiger partial charge is 0.253 e. The minimum atomic E-state index is -0.114. The van der Waals surface area contributed by atoms with Gasteiger partial charge in [0.05, 0.1) is 19.8 Å². The number of likely N-dealkylation sites (tertiary alicyclic amines) is 1. The maximum Gasteiger partial charge on any atom is 0.253 e. The summed E-state index contributed by atoms with van der Waals surface area (Å²) in [6.45, 7) is 1.94. The Bertz CT molecular complexity index is 818. The van der Waals surface area contributed by atoms with Gasteiger partial charge in [-0.05, 0) is 49.1 Å². The molecule has 1 saturated heterocycles. The fourth-order valence-corrected chi connectivity index (χ4v) is 3.33. The molecule has 0 bridgehead atoms. The van der Waals surface area contributed by atoms with Gasteiger partial charge in [-0.15, -0.1) is 0 Å². The molecule has 7 heteroatoms. The van der Waals surface area contributed by atoms with E-state index in [0.29, 0.717) is 48.2 Å². The molecular weight excluding hydrogens is 358 g/mol. The Morgan fingerprint density at radius 2 is 1.86 bits per heavy atom. The molecule has 3 rings (SSSR count). The Morgan fingerprint density at radius 1 is 1.11 bits per heavy atom. The first kappa shape index (κ1) is 19.7. The lowest BCUT2D eigenvalue weighted by atomic mass is 9.96. The van der Waals surface area contributed by atoms with E-state index >= 15 is 0 Å². The van der Waals surface area contributed by atoms with Gasteiger partial charge in [0, 0.05) is 37.6 Å². The zero-order valence-electron chi connectivity index (χ0n) is 16.2. The largest absolute Gasteiger partial charge is 0.493 e. The summed E-state index contributed by atoms with van der Waals surface area (Å²) < 4.78 is 10.5. The average Bonchev–Trinajstić information content (AvgIpc) is 2.77. The van der Waals surface area contributed by atoms with Crippen molar-refractivity contribution in [2.45, 2.75) is 12.8 Å². The lowest BCUT2D eigenvalue weighted by Crippen LogP contribution is -2.41. The van der Waals surface area contributed by atoms with Crippen LogP contribution in [0.25, 0.3) is 0 Å². The third kappa shape index (κ3) is 4.60. The van der Waals surface area contributed by atoms with Crippen LogP contribution in [-0.4, -0.2) is 55.6 Å². The Hall–Kier alpha value is -3.09. The van der Waals surface area contributed by atoms with E-state index in [1.54, 1.807) is 56.9 Å². The maximum absolute atomic E-state index is 12.8. The van der Waals surface area contributed by atoms with E-state index in [0.717, 1.165) is 12.8 Å². The second-order valence-corrected chi connectivity index (χ2v) is 6.76. The number of nitrogens with one attached hydrogen (secondary N) is 1. The van der Waals surface area contributed by atoms with Crippen LogP contribution in [0.2, 0.25) is 0 Å². The average molecular weight is 383 g/mol. The number of rotatable bonds is 6. The minimum absolute atomic E-state index is 0.0150. The highest BCUT2D eigenvalue weighted by atomic mass is 16.5. The second-order valence-electron chi connectivity index (χ2n) is 6.76. The van der Waals surface area contributed by atoms with Crippen LogP contribution in [0, 0.1) is 5.92 Å². The van der Waals surface area contributed by atoms with Crippen LogP contribution in [-0.2, 0) is 0 Å². The number of hydrogen-bond donors (Lipinski definition) is 1. The first-order valence-corrected chi connectivity index (χ1v) is 9.32. The van der Waals surface area contributed by atoms with E-state index in [9.17, 15) is 9.59 Å². The molecule has 1 fully saturated rings. The van der Waals surface area contributed by atoms with Gasteiger partial charge in [-0.1, -0.05) is 0 Å². The van der Waals surface area contributed by atoms with E-state index in [4.69, 9.17) is 9.47 Å². The first-order chi connectivity index (χ1) is 13.6. The number of ether oxygens (including phenoxy) is 2. The Labute approximate surface area is 164 Å². The standard InChI is InChI=1S/C21H25N3O4/c1-27-18-6-5-16(12-19(18)28-2)21(26)24-10-7-15(8-11-24)13-23-20(25)17-4-3-9-22-14-17/h3-6,9,12,14-15H,7-8,10-11,13H2,1-2H3,(H,23,25). The number of aromatic nitrogens is 1. The maximum atomic E-state index is 12.8. The van der Waals surface area contributed by atoms with Crippen molar-refractivity contribution in [3.63, 3.8) is 0 Å². The van der Waals surface area contributed by atoms with Crippen LogP contribution < -0.4 is 14.8 Å². The van der Waals surface area contributed by atoms with Gasteiger partial charge in [0.1, 0.15) is 0 Å². The molecule has 1 N–H and O–H groups in total. The third-order valence-electron chi connectivity index (χ3n) is 5.01. The number of benzene rings is 1. The monoisotopic (exact) mass is 383 g/mol. The normalized spacial score (nSPS) is 14.4. The van der Waals surface area contributed by atoms with Gasteiger partial charge in [0.15, 0.2) is 11.5 Å². The van der Waals surface area contributed by atoms with Gasteiger partial charge in [0.25, 0.3) is 11.8 Å². The van der Waals surface area contributed by atoms with Gasteiger partial charge in [-0.3, -0.25) is 14.6 Å². The van der Waals surface area contributed by atoms with Crippen LogP contribution >= 0.6 is 0 Å². The van der Waals surface area contributed by atoms with Crippen LogP contribution in [0.5, 0.6) is 11.5 Å². The lowest BCUT2D eigenvalue weighted by Gasteiger charge is -2.32. The number of piperidine rings is 1. The molecule has 1 aromatic carbocycles. The lowest BCUT2D eigenvalue weighted by molar-refractivity contribution is 0.0684. The van der Waals surface area contributed by atoms with Crippen LogP contribution in [0.1, 0.15) is 33.6 Å². The van der Waals surface area contributed by atoms with Gasteiger partial charge in [-0.25, -0.2) is 0 Å². The van der Waals surface area contributed by atoms with Crippen molar-refractivity contribution in [1.29, 1.82) is 0 Å². The zero-order valence-corrected chi connectivity index (χ0v) is 16.2. The molecule has 7 nitrogen and oxygen atoms in total. The van der Waals surface area contributed by atoms with Crippen molar-refractivity contribution in [2.75, 3.05) is 33.9 Å². The molecule has 0 atom stereocenters. The van der Waals surface area contributed by atoms with Crippen molar-refractivity contribution >= 4 is 11.8 Å². The van der Waals surface area contributed by atoms with Crippen LogP contribution in [0.15, 0.2) is 42.7 Å². The number of pyridine rings is 1. The van der Waals surface area contributed by atoms with Crippen molar-refractivity contribution in [3.8, 4) is 11.5 Å². The summed E-state index contributed by atoms with van der Waals surface area (Å²) >= 11 is 0. The third-order valence-corrected chi connectivity index (χ3v) is 5.01. The number of hydrogen-bond acceptors (Lipinski definition) is 5. The zero-order chi connectivity index (χ0) is 19.9. The van der Waals surface area contributed by atoms with Gasteiger partial charge >= 0.3 is 0 Å². The summed E-state index contributed by atoms with van der Waals surface area (Å²) in [6, 6.07) is 8.69. The molecule has 2 heterocycles. The first-order valence-electron chi connectivity index (χ1n) is 9.32. The van der Waals surface area contributed by atoms with Gasteiger partial charge < -0.3 is 19.7 Å². The van der Waals surface area contributed by atoms with E-state index in [1.807, 2.05) is 4.90 Å². The molecule has 0 radical (unpaired) electrons. The Morgan fingerprint density at radius 3 is 2.50 bits per heavy atom. The summed E-state index contributed by atoms with van der Waals surface area (Å²) in [4.78, 5) is 30.7. The second kappa shape index (κ2) is 9.21. The van der Waals surface area contributed by atoms with Crippen molar-refractivity contribution < 1.29 is 19.1 Å². The molecule has 1 aliphatic rings. The number of carbonyl (C=O) groups is 2. The van der Waals surface area contributed by atoms with E-state index in [-0.39, 0.29) is 11.8 Å². The molecule has 0 spiro atoms.